The molecule has 2 spiro atoms. The zero-order valence-electron chi connectivity index (χ0n) is 22.6. The van der Waals surface area contributed by atoms with Crippen LogP contribution in [0.25, 0.3) is 0 Å². The van der Waals surface area contributed by atoms with Crippen LogP contribution in [0.1, 0.15) is 120 Å². The van der Waals surface area contributed by atoms with Gasteiger partial charge in [0.1, 0.15) is 0 Å². The number of aliphatic hydroxyl groups excluding tert-OH is 1. The fourth-order valence-corrected chi connectivity index (χ4v) is 11.1. The summed E-state index contributed by atoms with van der Waals surface area (Å²) < 4.78 is 0. The minimum Gasteiger partial charge on any atom is -0.393 e. The first-order valence-electron chi connectivity index (χ1n) is 14.2. The highest BCUT2D eigenvalue weighted by atomic mass is 16.3. The lowest BCUT2D eigenvalue weighted by molar-refractivity contribution is -0.161. The molecule has 182 valence electrons. The van der Waals surface area contributed by atoms with Crippen LogP contribution >= 0.6 is 0 Å². The van der Waals surface area contributed by atoms with E-state index in [1.807, 2.05) is 0 Å². The third-order valence-electron chi connectivity index (χ3n) is 13.6. The summed E-state index contributed by atoms with van der Waals surface area (Å²) >= 11 is 0. The van der Waals surface area contributed by atoms with Gasteiger partial charge in [0.15, 0.2) is 0 Å². The molecule has 1 nitrogen and oxygen atoms in total. The van der Waals surface area contributed by atoms with Crippen LogP contribution in [-0.4, -0.2) is 11.2 Å². The number of aliphatic hydroxyl groups is 1. The lowest BCUT2D eigenvalue weighted by atomic mass is 9.41. The molecule has 1 heteroatoms. The van der Waals surface area contributed by atoms with E-state index in [9.17, 15) is 5.11 Å². The van der Waals surface area contributed by atoms with Gasteiger partial charge in [0, 0.05) is 0 Å². The molecule has 32 heavy (non-hydrogen) atoms. The summed E-state index contributed by atoms with van der Waals surface area (Å²) in [7, 11) is 0. The first kappa shape index (κ1) is 23.4. The Labute approximate surface area is 199 Å². The number of hydrogen-bond acceptors (Lipinski definition) is 1. The van der Waals surface area contributed by atoms with Crippen molar-refractivity contribution in [2.75, 3.05) is 0 Å². The third kappa shape index (κ3) is 2.73. The Balaban J connectivity index is 1.41. The third-order valence-corrected chi connectivity index (χ3v) is 13.6. The van der Waals surface area contributed by atoms with Crippen molar-refractivity contribution in [2.45, 2.75) is 126 Å². The van der Waals surface area contributed by atoms with Gasteiger partial charge in [-0.3, -0.25) is 0 Å². The van der Waals surface area contributed by atoms with Gasteiger partial charge in [-0.25, -0.2) is 0 Å². The number of fused-ring (bicyclic) bond motifs is 2. The fourth-order valence-electron chi connectivity index (χ4n) is 11.1. The predicted octanol–water partition coefficient (Wildman–Crippen LogP) is 8.41. The maximum atomic E-state index is 10.9. The molecule has 0 bridgehead atoms. The quantitative estimate of drug-likeness (QED) is 0.435. The Morgan fingerprint density at radius 3 is 2.19 bits per heavy atom. The number of allylic oxidation sites excluding steroid dienone is 2. The Bertz CT molecular complexity index is 792. The van der Waals surface area contributed by atoms with Crippen LogP contribution in [0.2, 0.25) is 0 Å². The summed E-state index contributed by atoms with van der Waals surface area (Å²) in [4.78, 5) is 0. The van der Waals surface area contributed by atoms with E-state index < -0.39 is 0 Å². The SMILES string of the molecule is CC(=CCC(C)C1CCC2(C)C3CCC4C(C)(C)C(O)CCC45CC35CCC12C)C(C)C. The van der Waals surface area contributed by atoms with E-state index in [0.29, 0.717) is 27.6 Å². The summed E-state index contributed by atoms with van der Waals surface area (Å²) in [6.07, 6.45) is 16.3. The van der Waals surface area contributed by atoms with Crippen LogP contribution in [0.5, 0.6) is 0 Å². The Hall–Kier alpha value is -0.300. The Kier molecular flexibility index (Phi) is 5.21. The van der Waals surface area contributed by atoms with Gasteiger partial charge >= 0.3 is 0 Å². The molecule has 5 aliphatic carbocycles. The standard InChI is InChI=1S/C31H52O/c1-20(2)21(3)9-10-22(4)23-13-15-29(8)25-12-11-24-27(5,6)26(32)14-16-30(24)19-31(25,30)18-17-28(23,29)7/h9,20,22-26,32H,10-19H2,1-8H3. The molecule has 5 saturated carbocycles. The van der Waals surface area contributed by atoms with E-state index in [1.54, 1.807) is 5.57 Å². The van der Waals surface area contributed by atoms with Gasteiger partial charge < -0.3 is 5.11 Å². The molecule has 9 unspecified atom stereocenters. The first-order chi connectivity index (χ1) is 14.9. The van der Waals surface area contributed by atoms with Crippen molar-refractivity contribution >= 4 is 0 Å². The topological polar surface area (TPSA) is 20.2 Å². The van der Waals surface area contributed by atoms with E-state index in [0.717, 1.165) is 30.1 Å². The summed E-state index contributed by atoms with van der Waals surface area (Å²) in [6, 6.07) is 0. The van der Waals surface area contributed by atoms with E-state index in [2.05, 4.69) is 61.5 Å². The van der Waals surface area contributed by atoms with Crippen molar-refractivity contribution in [1.29, 1.82) is 0 Å². The average Bonchev–Trinajstić information content (AvgIpc) is 3.31. The van der Waals surface area contributed by atoms with Crippen LogP contribution in [0.15, 0.2) is 11.6 Å². The maximum absolute atomic E-state index is 10.9. The molecule has 5 fully saturated rings. The second kappa shape index (κ2) is 7.11. The molecule has 0 amide bonds. The van der Waals surface area contributed by atoms with Crippen molar-refractivity contribution in [1.82, 2.24) is 0 Å². The van der Waals surface area contributed by atoms with Gasteiger partial charge in [0.25, 0.3) is 0 Å². The monoisotopic (exact) mass is 440 g/mol. The molecule has 0 aromatic rings. The number of hydrogen-bond donors (Lipinski definition) is 1. The highest BCUT2D eigenvalue weighted by molar-refractivity contribution is 5.30. The first-order valence-corrected chi connectivity index (χ1v) is 14.2. The summed E-state index contributed by atoms with van der Waals surface area (Å²) in [5, 5.41) is 10.9. The molecule has 0 aromatic heterocycles. The minimum absolute atomic E-state index is 0.0872. The van der Waals surface area contributed by atoms with Gasteiger partial charge in [-0.05, 0) is 128 Å². The maximum Gasteiger partial charge on any atom is 0.0594 e. The molecular weight excluding hydrogens is 388 g/mol. The highest BCUT2D eigenvalue weighted by Gasteiger charge is 2.82. The molecule has 0 aliphatic heterocycles. The molecule has 5 rings (SSSR count). The Morgan fingerprint density at radius 2 is 1.50 bits per heavy atom. The summed E-state index contributed by atoms with van der Waals surface area (Å²) in [6.45, 7) is 19.8. The van der Waals surface area contributed by atoms with Crippen LogP contribution in [0, 0.1) is 56.7 Å². The summed E-state index contributed by atoms with van der Waals surface area (Å²) in [5.74, 6) is 4.06. The van der Waals surface area contributed by atoms with Crippen LogP contribution in [0.4, 0.5) is 0 Å². The van der Waals surface area contributed by atoms with E-state index in [-0.39, 0.29) is 11.5 Å². The van der Waals surface area contributed by atoms with Crippen LogP contribution in [0.3, 0.4) is 0 Å². The van der Waals surface area contributed by atoms with Crippen molar-refractivity contribution in [3.63, 3.8) is 0 Å². The van der Waals surface area contributed by atoms with Gasteiger partial charge in [-0.1, -0.05) is 60.1 Å². The average molecular weight is 441 g/mol. The van der Waals surface area contributed by atoms with Gasteiger partial charge in [-0.2, -0.15) is 0 Å². The lowest BCUT2D eigenvalue weighted by Crippen LogP contribution is -2.57. The second-order valence-electron chi connectivity index (χ2n) is 14.8. The minimum atomic E-state index is -0.0872. The number of rotatable bonds is 4. The molecule has 9 atom stereocenters. The van der Waals surface area contributed by atoms with Crippen LogP contribution < -0.4 is 0 Å². The smallest absolute Gasteiger partial charge is 0.0594 e. The van der Waals surface area contributed by atoms with E-state index in [4.69, 9.17) is 0 Å². The molecule has 0 saturated heterocycles. The molecule has 1 N–H and O–H groups in total. The molecular formula is C31H52O. The van der Waals surface area contributed by atoms with Crippen molar-refractivity contribution < 1.29 is 5.11 Å². The van der Waals surface area contributed by atoms with Crippen molar-refractivity contribution in [2.24, 2.45) is 56.7 Å². The molecule has 0 heterocycles. The van der Waals surface area contributed by atoms with Gasteiger partial charge in [0.05, 0.1) is 6.10 Å². The summed E-state index contributed by atoms with van der Waals surface area (Å²) in [5.41, 5.74) is 3.92. The highest BCUT2D eigenvalue weighted by Crippen LogP contribution is 2.89. The molecule has 5 aliphatic rings. The lowest BCUT2D eigenvalue weighted by Gasteiger charge is -2.63. The van der Waals surface area contributed by atoms with Crippen LogP contribution in [-0.2, 0) is 0 Å². The predicted molar refractivity (Wildman–Crippen MR) is 135 cm³/mol. The van der Waals surface area contributed by atoms with E-state index in [1.165, 1.54) is 57.8 Å². The largest absolute Gasteiger partial charge is 0.393 e. The van der Waals surface area contributed by atoms with Gasteiger partial charge in [0.2, 0.25) is 0 Å². The van der Waals surface area contributed by atoms with Crippen molar-refractivity contribution in [3.05, 3.63) is 11.6 Å². The Morgan fingerprint density at radius 1 is 0.844 bits per heavy atom. The zero-order chi connectivity index (χ0) is 23.3. The van der Waals surface area contributed by atoms with E-state index >= 15 is 0 Å². The van der Waals surface area contributed by atoms with Crippen molar-refractivity contribution in [3.8, 4) is 0 Å². The van der Waals surface area contributed by atoms with Gasteiger partial charge in [-0.15, -0.1) is 0 Å². The molecule has 0 aromatic carbocycles. The molecule has 0 radical (unpaired) electrons. The fraction of sp³-hybridized carbons (Fsp3) is 0.935. The second-order valence-corrected chi connectivity index (χ2v) is 14.8. The zero-order valence-corrected chi connectivity index (χ0v) is 22.6. The normalized spacial score (nSPS) is 52.6.